The summed E-state index contributed by atoms with van der Waals surface area (Å²) in [5, 5.41) is 0.835. The molecule has 23 heavy (non-hydrogen) atoms. The van der Waals surface area contributed by atoms with Gasteiger partial charge in [-0.15, -0.1) is 0 Å². The summed E-state index contributed by atoms with van der Waals surface area (Å²) in [4.78, 5) is 13.6. The molecule has 1 aliphatic heterocycles. The molecule has 0 radical (unpaired) electrons. The molecule has 2 aromatic heterocycles. The summed E-state index contributed by atoms with van der Waals surface area (Å²) < 4.78 is 5.37. The van der Waals surface area contributed by atoms with Crippen molar-refractivity contribution in [2.24, 2.45) is 0 Å². The molecule has 0 atom stereocenters. The van der Waals surface area contributed by atoms with Gasteiger partial charge in [0.1, 0.15) is 11.6 Å². The fraction of sp³-hybridized carbons (Fsp3) is 0.412. The Balaban J connectivity index is 1.54. The van der Waals surface area contributed by atoms with Crippen molar-refractivity contribution >= 4 is 23.7 Å². The smallest absolute Gasteiger partial charge is 0.189 e. The van der Waals surface area contributed by atoms with Crippen molar-refractivity contribution in [3.05, 3.63) is 42.0 Å². The van der Waals surface area contributed by atoms with E-state index >= 15 is 0 Å². The van der Waals surface area contributed by atoms with Crippen LogP contribution < -0.4 is 4.90 Å². The first kappa shape index (κ1) is 16.1. The number of hydrogen-bond acceptors (Lipinski definition) is 6. The Labute approximate surface area is 141 Å². The minimum absolute atomic E-state index is 0.835. The highest BCUT2D eigenvalue weighted by Gasteiger charge is 2.18. The van der Waals surface area contributed by atoms with E-state index < -0.39 is 0 Å². The van der Waals surface area contributed by atoms with E-state index in [-0.39, 0.29) is 0 Å². The van der Waals surface area contributed by atoms with Crippen molar-refractivity contribution in [2.45, 2.75) is 12.1 Å². The topological polar surface area (TPSA) is 45.4 Å². The number of furan rings is 1. The third-order valence-corrected chi connectivity index (χ3v) is 4.46. The molecule has 5 nitrogen and oxygen atoms in total. The van der Waals surface area contributed by atoms with Gasteiger partial charge in [-0.25, -0.2) is 9.97 Å². The standard InChI is InChI=1S/C17H22N4OS/c1-14(12-15-4-3-11-22-15)13-20-7-9-21(10-8-20)16-5-6-18-17(19-16)23-2/h3-6,11-12H,7-10,13H2,1-2H3. The highest BCUT2D eigenvalue weighted by molar-refractivity contribution is 7.98. The lowest BCUT2D eigenvalue weighted by atomic mass is 10.2. The van der Waals surface area contributed by atoms with Crippen molar-refractivity contribution in [3.63, 3.8) is 0 Å². The maximum atomic E-state index is 5.37. The van der Waals surface area contributed by atoms with E-state index in [1.807, 2.05) is 30.7 Å². The fourth-order valence-corrected chi connectivity index (χ4v) is 3.11. The fourth-order valence-electron chi connectivity index (χ4n) is 2.76. The average Bonchev–Trinajstić information content (AvgIpc) is 3.08. The number of anilines is 1. The predicted molar refractivity (Wildman–Crippen MR) is 94.8 cm³/mol. The summed E-state index contributed by atoms with van der Waals surface area (Å²) in [6.45, 7) is 7.22. The predicted octanol–water partition coefficient (Wildman–Crippen LogP) is 3.02. The van der Waals surface area contributed by atoms with Crippen LogP contribution in [-0.2, 0) is 0 Å². The molecule has 2 aromatic rings. The van der Waals surface area contributed by atoms with Crippen LogP contribution in [0.15, 0.2) is 45.8 Å². The molecular weight excluding hydrogens is 308 g/mol. The molecule has 0 spiro atoms. The van der Waals surface area contributed by atoms with Crippen LogP contribution in [-0.4, -0.2) is 53.8 Å². The van der Waals surface area contributed by atoms with Gasteiger partial charge in [0.15, 0.2) is 5.16 Å². The number of thioether (sulfide) groups is 1. The zero-order valence-corrected chi connectivity index (χ0v) is 14.4. The normalized spacial score (nSPS) is 16.8. The van der Waals surface area contributed by atoms with E-state index in [9.17, 15) is 0 Å². The number of aromatic nitrogens is 2. The molecule has 122 valence electrons. The maximum Gasteiger partial charge on any atom is 0.189 e. The summed E-state index contributed by atoms with van der Waals surface area (Å²) in [5.74, 6) is 1.96. The van der Waals surface area contributed by atoms with Gasteiger partial charge in [0.05, 0.1) is 6.26 Å². The van der Waals surface area contributed by atoms with Gasteiger partial charge in [-0.2, -0.15) is 0 Å². The number of piperazine rings is 1. The lowest BCUT2D eigenvalue weighted by molar-refractivity contribution is 0.278. The second kappa shape index (κ2) is 7.66. The Hall–Kier alpha value is -1.79. The van der Waals surface area contributed by atoms with Gasteiger partial charge in [0.2, 0.25) is 0 Å². The minimum atomic E-state index is 0.835. The zero-order valence-electron chi connectivity index (χ0n) is 13.6. The molecule has 1 saturated heterocycles. The molecule has 3 heterocycles. The van der Waals surface area contributed by atoms with Crippen LogP contribution in [0.3, 0.4) is 0 Å². The Morgan fingerprint density at radius 2 is 2.13 bits per heavy atom. The van der Waals surface area contributed by atoms with E-state index in [0.29, 0.717) is 0 Å². The highest BCUT2D eigenvalue weighted by atomic mass is 32.2. The van der Waals surface area contributed by atoms with Crippen LogP contribution in [0, 0.1) is 0 Å². The molecule has 1 fully saturated rings. The lowest BCUT2D eigenvalue weighted by Gasteiger charge is -2.35. The van der Waals surface area contributed by atoms with Crippen LogP contribution in [0.25, 0.3) is 6.08 Å². The summed E-state index contributed by atoms with van der Waals surface area (Å²) in [5.41, 5.74) is 1.32. The summed E-state index contributed by atoms with van der Waals surface area (Å²) >= 11 is 1.58. The second-order valence-electron chi connectivity index (χ2n) is 5.67. The van der Waals surface area contributed by atoms with Crippen molar-refractivity contribution in [1.29, 1.82) is 0 Å². The van der Waals surface area contributed by atoms with E-state index in [4.69, 9.17) is 4.42 Å². The van der Waals surface area contributed by atoms with Crippen molar-refractivity contribution < 1.29 is 4.42 Å². The molecule has 0 amide bonds. The van der Waals surface area contributed by atoms with E-state index in [1.165, 1.54) is 5.57 Å². The first-order chi connectivity index (χ1) is 11.2. The van der Waals surface area contributed by atoms with Crippen LogP contribution >= 0.6 is 11.8 Å². The Morgan fingerprint density at radius 1 is 1.30 bits per heavy atom. The van der Waals surface area contributed by atoms with Crippen LogP contribution in [0.1, 0.15) is 12.7 Å². The zero-order chi connectivity index (χ0) is 16.1. The van der Waals surface area contributed by atoms with Gasteiger partial charge >= 0.3 is 0 Å². The molecular formula is C17H22N4OS. The van der Waals surface area contributed by atoms with Gasteiger partial charge in [-0.3, -0.25) is 4.90 Å². The minimum Gasteiger partial charge on any atom is -0.465 e. The Morgan fingerprint density at radius 3 is 2.83 bits per heavy atom. The molecule has 0 N–H and O–H groups in total. The van der Waals surface area contributed by atoms with Gasteiger partial charge in [-0.05, 0) is 37.5 Å². The van der Waals surface area contributed by atoms with Crippen LogP contribution in [0.4, 0.5) is 5.82 Å². The molecule has 0 saturated carbocycles. The third-order valence-electron chi connectivity index (χ3n) is 3.90. The monoisotopic (exact) mass is 330 g/mol. The summed E-state index contributed by atoms with van der Waals surface area (Å²) in [6, 6.07) is 5.90. The van der Waals surface area contributed by atoms with E-state index in [1.54, 1.807) is 18.0 Å². The Kier molecular flexibility index (Phi) is 5.35. The van der Waals surface area contributed by atoms with Crippen molar-refractivity contribution in [3.8, 4) is 0 Å². The number of hydrogen-bond donors (Lipinski definition) is 0. The van der Waals surface area contributed by atoms with Gasteiger partial charge in [0.25, 0.3) is 0 Å². The van der Waals surface area contributed by atoms with Crippen LogP contribution in [0.2, 0.25) is 0 Å². The molecule has 0 aromatic carbocycles. The molecule has 3 rings (SSSR count). The SMILES string of the molecule is CSc1nccc(N2CCN(CC(C)=Cc3ccco3)CC2)n1. The largest absolute Gasteiger partial charge is 0.465 e. The first-order valence-electron chi connectivity index (χ1n) is 7.79. The molecule has 6 heteroatoms. The molecule has 0 aliphatic carbocycles. The summed E-state index contributed by atoms with van der Waals surface area (Å²) in [7, 11) is 0. The van der Waals surface area contributed by atoms with E-state index in [2.05, 4.69) is 32.8 Å². The molecule has 1 aliphatic rings. The van der Waals surface area contributed by atoms with Crippen molar-refractivity contribution in [2.75, 3.05) is 43.9 Å². The maximum absolute atomic E-state index is 5.37. The van der Waals surface area contributed by atoms with Gasteiger partial charge in [-0.1, -0.05) is 17.3 Å². The molecule has 0 bridgehead atoms. The third kappa shape index (κ3) is 4.36. The Bertz CT molecular complexity index is 648. The highest BCUT2D eigenvalue weighted by Crippen LogP contribution is 2.17. The second-order valence-corrected chi connectivity index (χ2v) is 6.44. The number of nitrogens with zero attached hydrogens (tertiary/aromatic N) is 4. The average molecular weight is 330 g/mol. The van der Waals surface area contributed by atoms with E-state index in [0.717, 1.165) is 49.5 Å². The molecule has 0 unspecified atom stereocenters. The van der Waals surface area contributed by atoms with Crippen molar-refractivity contribution in [1.82, 2.24) is 14.9 Å². The number of rotatable bonds is 5. The first-order valence-corrected chi connectivity index (χ1v) is 9.02. The van der Waals surface area contributed by atoms with Gasteiger partial charge in [0, 0.05) is 38.9 Å². The van der Waals surface area contributed by atoms with Gasteiger partial charge < -0.3 is 9.32 Å². The lowest BCUT2D eigenvalue weighted by Crippen LogP contribution is -2.47. The van der Waals surface area contributed by atoms with Crippen LogP contribution in [0.5, 0.6) is 0 Å². The quantitative estimate of drug-likeness (QED) is 0.620. The summed E-state index contributed by atoms with van der Waals surface area (Å²) in [6.07, 6.45) is 7.67.